The molecule has 0 heterocycles. The van der Waals surface area contributed by atoms with Crippen LogP contribution in [0.15, 0.2) is 36.4 Å². The molecule has 0 spiro atoms. The van der Waals surface area contributed by atoms with Gasteiger partial charge < -0.3 is 0 Å². The third kappa shape index (κ3) is 4.84. The van der Waals surface area contributed by atoms with Gasteiger partial charge in [-0.3, -0.25) is 0 Å². The molecule has 0 aromatic heterocycles. The number of benzene rings is 1. The average Bonchev–Trinajstić information content (AvgIpc) is 2.68. The lowest BCUT2D eigenvalue weighted by atomic mass is 9.72. The third-order valence-corrected chi connectivity index (χ3v) is 6.36. The number of halogens is 2. The minimum Gasteiger partial charge on any atom is -0.204 e. The topological polar surface area (TPSA) is 0 Å². The van der Waals surface area contributed by atoms with E-state index in [1.165, 1.54) is 63.9 Å². The molecule has 2 aliphatic rings. The predicted molar refractivity (Wildman–Crippen MR) is 106 cm³/mol. The predicted octanol–water partition coefficient (Wildman–Crippen LogP) is 7.70. The van der Waals surface area contributed by atoms with E-state index in [2.05, 4.69) is 19.1 Å². The molecule has 1 aromatic carbocycles. The van der Waals surface area contributed by atoms with E-state index < -0.39 is 11.6 Å². The van der Waals surface area contributed by atoms with E-state index in [9.17, 15) is 8.78 Å². The van der Waals surface area contributed by atoms with E-state index in [0.29, 0.717) is 11.5 Å². The molecule has 26 heavy (non-hydrogen) atoms. The Bertz CT molecular complexity index is 636. The summed E-state index contributed by atoms with van der Waals surface area (Å²) in [5.74, 6) is 0.759. The van der Waals surface area contributed by atoms with E-state index in [0.717, 1.165) is 23.8 Å². The van der Waals surface area contributed by atoms with Crippen molar-refractivity contribution in [2.75, 3.05) is 0 Å². The first-order chi connectivity index (χ1) is 12.7. The van der Waals surface area contributed by atoms with Gasteiger partial charge in [-0.05, 0) is 48.7 Å². The maximum absolute atomic E-state index is 14.0. The maximum Gasteiger partial charge on any atom is 0.166 e. The van der Waals surface area contributed by atoms with Crippen molar-refractivity contribution in [3.8, 4) is 0 Å². The Morgan fingerprint density at radius 1 is 1.00 bits per heavy atom. The van der Waals surface area contributed by atoms with Crippen molar-refractivity contribution < 1.29 is 8.78 Å². The highest BCUT2D eigenvalue weighted by Gasteiger charge is 2.27. The molecule has 3 rings (SSSR count). The van der Waals surface area contributed by atoms with Gasteiger partial charge in [0.2, 0.25) is 0 Å². The van der Waals surface area contributed by atoms with E-state index in [-0.39, 0.29) is 0 Å². The molecule has 142 valence electrons. The number of hydrogen-bond donors (Lipinski definition) is 0. The molecule has 0 nitrogen and oxygen atoms in total. The van der Waals surface area contributed by atoms with Crippen LogP contribution in [0.4, 0.5) is 8.78 Å². The van der Waals surface area contributed by atoms with E-state index in [1.54, 1.807) is 12.1 Å². The van der Waals surface area contributed by atoms with Crippen molar-refractivity contribution in [2.45, 2.75) is 71.1 Å². The van der Waals surface area contributed by atoms with Gasteiger partial charge in [-0.1, -0.05) is 82.2 Å². The zero-order chi connectivity index (χ0) is 18.4. The third-order valence-electron chi connectivity index (χ3n) is 6.36. The summed E-state index contributed by atoms with van der Waals surface area (Å²) >= 11 is 0. The SMILES string of the molecule is CCCCCC[C@H]1CC[C@H](C2C=CC(c3cccc(F)c3F)=CC2)CC1. The number of unbranched alkanes of at least 4 members (excludes halogenated alkanes) is 3. The van der Waals surface area contributed by atoms with Crippen molar-refractivity contribution in [1.29, 1.82) is 0 Å². The highest BCUT2D eigenvalue weighted by Crippen LogP contribution is 2.40. The lowest BCUT2D eigenvalue weighted by Gasteiger charge is -2.33. The van der Waals surface area contributed by atoms with Gasteiger partial charge in [0.05, 0.1) is 0 Å². The molecule has 0 saturated heterocycles. The minimum atomic E-state index is -0.767. The fourth-order valence-electron chi connectivity index (χ4n) is 4.68. The zero-order valence-electron chi connectivity index (χ0n) is 16.0. The average molecular weight is 359 g/mol. The zero-order valence-corrected chi connectivity index (χ0v) is 16.0. The van der Waals surface area contributed by atoms with Crippen LogP contribution < -0.4 is 0 Å². The van der Waals surface area contributed by atoms with Crippen LogP contribution in [0.1, 0.15) is 76.7 Å². The molecule has 2 heteroatoms. The summed E-state index contributed by atoms with van der Waals surface area (Å²) in [4.78, 5) is 0. The number of rotatable bonds is 7. The summed E-state index contributed by atoms with van der Waals surface area (Å²) in [5.41, 5.74) is 1.21. The van der Waals surface area contributed by atoms with Crippen molar-refractivity contribution in [2.24, 2.45) is 17.8 Å². The van der Waals surface area contributed by atoms with Gasteiger partial charge >= 0.3 is 0 Å². The monoisotopic (exact) mass is 358 g/mol. The van der Waals surface area contributed by atoms with Crippen molar-refractivity contribution in [1.82, 2.24) is 0 Å². The second-order valence-corrected chi connectivity index (χ2v) is 8.15. The largest absolute Gasteiger partial charge is 0.204 e. The molecule has 1 fully saturated rings. The van der Waals surface area contributed by atoms with Crippen LogP contribution in [0.25, 0.3) is 5.57 Å². The van der Waals surface area contributed by atoms with E-state index >= 15 is 0 Å². The second-order valence-electron chi connectivity index (χ2n) is 8.15. The molecule has 1 aromatic rings. The van der Waals surface area contributed by atoms with Crippen LogP contribution in [-0.4, -0.2) is 0 Å². The quantitative estimate of drug-likeness (QED) is 0.438. The Balaban J connectivity index is 1.48. The molecule has 1 atom stereocenters. The lowest BCUT2D eigenvalue weighted by molar-refractivity contribution is 0.218. The first-order valence-electron chi connectivity index (χ1n) is 10.5. The number of hydrogen-bond acceptors (Lipinski definition) is 0. The van der Waals surface area contributed by atoms with Crippen molar-refractivity contribution >= 4 is 5.57 Å². The summed E-state index contributed by atoms with van der Waals surface area (Å²) in [6.45, 7) is 2.27. The Morgan fingerprint density at radius 2 is 1.81 bits per heavy atom. The summed E-state index contributed by atoms with van der Waals surface area (Å²) in [5, 5.41) is 0. The van der Waals surface area contributed by atoms with Crippen molar-refractivity contribution in [3.05, 3.63) is 53.6 Å². The highest BCUT2D eigenvalue weighted by atomic mass is 19.2. The van der Waals surface area contributed by atoms with Crippen LogP contribution in [0, 0.1) is 29.4 Å². The fraction of sp³-hybridized carbons (Fsp3) is 0.583. The summed E-state index contributed by atoms with van der Waals surface area (Å²) < 4.78 is 27.4. The van der Waals surface area contributed by atoms with Gasteiger partial charge in [-0.2, -0.15) is 0 Å². The van der Waals surface area contributed by atoms with E-state index in [1.807, 2.05) is 6.08 Å². The molecule has 0 bridgehead atoms. The van der Waals surface area contributed by atoms with E-state index in [4.69, 9.17) is 0 Å². The van der Waals surface area contributed by atoms with Crippen LogP contribution >= 0.6 is 0 Å². The summed E-state index contributed by atoms with van der Waals surface area (Å²) in [7, 11) is 0. The van der Waals surface area contributed by atoms with Gasteiger partial charge in [0.15, 0.2) is 11.6 Å². The number of allylic oxidation sites excluding steroid dienone is 4. The lowest BCUT2D eigenvalue weighted by Crippen LogP contribution is -2.21. The Labute approximate surface area is 157 Å². The fourth-order valence-corrected chi connectivity index (χ4v) is 4.68. The van der Waals surface area contributed by atoms with Gasteiger partial charge in [0.1, 0.15) is 0 Å². The highest BCUT2D eigenvalue weighted by molar-refractivity contribution is 5.75. The minimum absolute atomic E-state index is 0.385. The Hall–Kier alpha value is -1.44. The molecular weight excluding hydrogens is 326 g/mol. The Morgan fingerprint density at radius 3 is 2.50 bits per heavy atom. The molecule has 0 radical (unpaired) electrons. The molecule has 1 unspecified atom stereocenters. The molecule has 2 aliphatic carbocycles. The van der Waals surface area contributed by atoms with Gasteiger partial charge in [-0.15, -0.1) is 0 Å². The van der Waals surface area contributed by atoms with Crippen LogP contribution in [0.5, 0.6) is 0 Å². The smallest absolute Gasteiger partial charge is 0.166 e. The van der Waals surface area contributed by atoms with Gasteiger partial charge in [0, 0.05) is 5.56 Å². The van der Waals surface area contributed by atoms with Crippen LogP contribution in [0.3, 0.4) is 0 Å². The van der Waals surface area contributed by atoms with Gasteiger partial charge in [-0.25, -0.2) is 8.78 Å². The first kappa shape index (κ1) is 19.3. The summed E-state index contributed by atoms with van der Waals surface area (Å²) in [6.07, 6.45) is 19.6. The van der Waals surface area contributed by atoms with Crippen LogP contribution in [-0.2, 0) is 0 Å². The normalized spacial score (nSPS) is 26.0. The molecule has 0 N–H and O–H groups in total. The van der Waals surface area contributed by atoms with Crippen LogP contribution in [0.2, 0.25) is 0 Å². The second kappa shape index (κ2) is 9.48. The standard InChI is InChI=1S/C24H32F2/c1-2-3-4-5-7-18-10-12-19(13-11-18)20-14-16-21(17-15-20)22-8-6-9-23(25)24(22)26/h6,8-9,14,16-20H,2-5,7,10-13,15H2,1H3/t18-,19-,20?. The molecule has 0 aliphatic heterocycles. The summed E-state index contributed by atoms with van der Waals surface area (Å²) in [6, 6.07) is 4.42. The van der Waals surface area contributed by atoms with Gasteiger partial charge in [0.25, 0.3) is 0 Å². The molecule has 1 saturated carbocycles. The first-order valence-corrected chi connectivity index (χ1v) is 10.5. The van der Waals surface area contributed by atoms with Crippen molar-refractivity contribution in [3.63, 3.8) is 0 Å². The Kier molecular flexibility index (Phi) is 7.05. The molecular formula is C24H32F2. The molecule has 0 amide bonds. The maximum atomic E-state index is 14.0.